The van der Waals surface area contributed by atoms with Crippen molar-refractivity contribution in [2.75, 3.05) is 17.2 Å². The highest BCUT2D eigenvalue weighted by Gasteiger charge is 2.26. The van der Waals surface area contributed by atoms with E-state index in [9.17, 15) is 0 Å². The fraction of sp³-hybridized carbons (Fsp3) is 0.300. The molecular weight excluding hydrogens is 434 g/mol. The second kappa shape index (κ2) is 7.82. The smallest absolute Gasteiger partial charge is 0.224 e. The number of halogens is 1. The van der Waals surface area contributed by atoms with Crippen LogP contribution >= 0.6 is 15.9 Å². The van der Waals surface area contributed by atoms with E-state index in [4.69, 9.17) is 4.84 Å². The van der Waals surface area contributed by atoms with Gasteiger partial charge in [0.05, 0.1) is 16.7 Å². The number of hydrogen-bond donors (Lipinski definition) is 3. The van der Waals surface area contributed by atoms with Gasteiger partial charge in [-0.1, -0.05) is 35.5 Å². The van der Waals surface area contributed by atoms with E-state index in [0.29, 0.717) is 24.2 Å². The third-order valence-electron chi connectivity index (χ3n) is 4.93. The Kier molecular flexibility index (Phi) is 4.89. The molecule has 0 bridgehead atoms. The molecule has 5 rings (SSSR count). The van der Waals surface area contributed by atoms with Crippen LogP contribution < -0.4 is 10.6 Å². The van der Waals surface area contributed by atoms with Crippen LogP contribution in [0.15, 0.2) is 52.2 Å². The van der Waals surface area contributed by atoms with E-state index >= 15 is 0 Å². The molecule has 148 valence electrons. The van der Waals surface area contributed by atoms with Gasteiger partial charge in [0, 0.05) is 30.3 Å². The lowest BCUT2D eigenvalue weighted by molar-refractivity contribution is 0.0948. The molecule has 9 heteroatoms. The van der Waals surface area contributed by atoms with E-state index < -0.39 is 0 Å². The summed E-state index contributed by atoms with van der Waals surface area (Å²) in [7, 11) is 0. The van der Waals surface area contributed by atoms with Gasteiger partial charge in [0.1, 0.15) is 6.10 Å². The average Bonchev–Trinajstić information content (AvgIpc) is 3.31. The first kappa shape index (κ1) is 18.1. The lowest BCUT2D eigenvalue weighted by atomic mass is 10.1. The molecule has 1 aliphatic heterocycles. The number of aromatic nitrogens is 4. The molecule has 3 heterocycles. The molecule has 1 unspecified atom stereocenters. The third-order valence-corrected chi connectivity index (χ3v) is 5.51. The van der Waals surface area contributed by atoms with E-state index in [-0.39, 0.29) is 6.10 Å². The van der Waals surface area contributed by atoms with Crippen LogP contribution in [0.4, 0.5) is 17.6 Å². The molecule has 0 saturated heterocycles. The minimum absolute atomic E-state index is 0.0543. The maximum Gasteiger partial charge on any atom is 0.224 e. The highest BCUT2D eigenvalue weighted by atomic mass is 79.9. The fourth-order valence-electron chi connectivity index (χ4n) is 3.21. The number of nitrogens with one attached hydrogen (secondary N) is 3. The predicted molar refractivity (Wildman–Crippen MR) is 115 cm³/mol. The van der Waals surface area contributed by atoms with Gasteiger partial charge in [0.15, 0.2) is 11.6 Å². The minimum Gasteiger partial charge on any atom is -0.390 e. The molecule has 29 heavy (non-hydrogen) atoms. The first-order chi connectivity index (χ1) is 14.2. The summed E-state index contributed by atoms with van der Waals surface area (Å²) < 4.78 is 0.769. The third kappa shape index (κ3) is 4.24. The summed E-state index contributed by atoms with van der Waals surface area (Å²) in [5.74, 6) is 2.55. The zero-order valence-electron chi connectivity index (χ0n) is 15.6. The summed E-state index contributed by atoms with van der Waals surface area (Å²) in [6.07, 6.45) is 4.86. The molecule has 2 aliphatic rings. The largest absolute Gasteiger partial charge is 0.390 e. The predicted octanol–water partition coefficient (Wildman–Crippen LogP) is 4.19. The van der Waals surface area contributed by atoms with Gasteiger partial charge < -0.3 is 15.5 Å². The Labute approximate surface area is 176 Å². The molecule has 0 amide bonds. The number of rotatable bonds is 7. The second-order valence-corrected chi connectivity index (χ2v) is 8.07. The molecule has 3 N–H and O–H groups in total. The molecule has 1 saturated carbocycles. The Morgan fingerprint density at radius 1 is 1.21 bits per heavy atom. The topological polar surface area (TPSA) is 100 Å². The molecule has 0 spiro atoms. The first-order valence-electron chi connectivity index (χ1n) is 9.61. The van der Waals surface area contributed by atoms with E-state index in [1.54, 1.807) is 6.20 Å². The molecule has 1 aromatic carbocycles. The van der Waals surface area contributed by atoms with Crippen LogP contribution in [0.5, 0.6) is 0 Å². The Bertz CT molecular complexity index is 1030. The van der Waals surface area contributed by atoms with Crippen molar-refractivity contribution in [3.8, 4) is 0 Å². The molecule has 2 aromatic heterocycles. The summed E-state index contributed by atoms with van der Waals surface area (Å²) in [6.45, 7) is 0.565. The van der Waals surface area contributed by atoms with Gasteiger partial charge in [-0.3, -0.25) is 5.10 Å². The van der Waals surface area contributed by atoms with Crippen LogP contribution in [0, 0.1) is 0 Å². The Morgan fingerprint density at radius 2 is 2.07 bits per heavy atom. The van der Waals surface area contributed by atoms with Crippen molar-refractivity contribution in [3.63, 3.8) is 0 Å². The lowest BCUT2D eigenvalue weighted by Crippen LogP contribution is -2.21. The van der Waals surface area contributed by atoms with Crippen molar-refractivity contribution in [2.24, 2.45) is 5.16 Å². The van der Waals surface area contributed by atoms with Gasteiger partial charge in [-0.15, -0.1) is 0 Å². The van der Waals surface area contributed by atoms with Gasteiger partial charge in [-0.05, 0) is 34.3 Å². The average molecular weight is 454 g/mol. The zero-order valence-corrected chi connectivity index (χ0v) is 17.2. The highest BCUT2D eigenvalue weighted by Crippen LogP contribution is 2.39. The van der Waals surface area contributed by atoms with E-state index in [0.717, 1.165) is 28.0 Å². The summed E-state index contributed by atoms with van der Waals surface area (Å²) in [5.41, 5.74) is 3.22. The molecule has 1 aliphatic carbocycles. The van der Waals surface area contributed by atoms with Crippen molar-refractivity contribution in [3.05, 3.63) is 58.3 Å². The molecule has 0 radical (unpaired) electrons. The van der Waals surface area contributed by atoms with Crippen molar-refractivity contribution in [1.29, 1.82) is 0 Å². The number of benzene rings is 1. The highest BCUT2D eigenvalue weighted by molar-refractivity contribution is 9.10. The summed E-state index contributed by atoms with van der Waals surface area (Å²) in [4.78, 5) is 14.4. The minimum atomic E-state index is -0.0543. The summed E-state index contributed by atoms with van der Waals surface area (Å²) >= 11 is 3.49. The maximum atomic E-state index is 5.55. The van der Waals surface area contributed by atoms with Gasteiger partial charge in [0.25, 0.3) is 0 Å². The first-order valence-corrected chi connectivity index (χ1v) is 10.4. The van der Waals surface area contributed by atoms with Crippen molar-refractivity contribution in [1.82, 2.24) is 20.2 Å². The number of oxime groups is 1. The maximum absolute atomic E-state index is 5.55. The zero-order chi connectivity index (χ0) is 19.6. The lowest BCUT2D eigenvalue weighted by Gasteiger charge is -2.11. The normalized spacial score (nSPS) is 18.2. The number of hydrogen-bond acceptors (Lipinski definition) is 7. The Balaban J connectivity index is 1.19. The molecule has 3 aromatic rings. The van der Waals surface area contributed by atoms with Gasteiger partial charge >= 0.3 is 0 Å². The quantitative estimate of drug-likeness (QED) is 0.495. The molecule has 1 atom stereocenters. The van der Waals surface area contributed by atoms with Crippen molar-refractivity contribution >= 4 is 39.2 Å². The number of nitrogens with zero attached hydrogens (tertiary/aromatic N) is 4. The van der Waals surface area contributed by atoms with E-state index in [1.807, 2.05) is 36.4 Å². The van der Waals surface area contributed by atoms with Crippen molar-refractivity contribution in [2.45, 2.75) is 31.3 Å². The number of aromatic amines is 1. The second-order valence-electron chi connectivity index (χ2n) is 7.21. The molecule has 8 nitrogen and oxygen atoms in total. The van der Waals surface area contributed by atoms with Crippen LogP contribution in [-0.2, 0) is 4.84 Å². The van der Waals surface area contributed by atoms with E-state index in [1.165, 1.54) is 18.5 Å². The van der Waals surface area contributed by atoms with Gasteiger partial charge in [-0.2, -0.15) is 10.1 Å². The summed E-state index contributed by atoms with van der Waals surface area (Å²) in [6, 6.07) is 12.1. The van der Waals surface area contributed by atoms with Crippen molar-refractivity contribution < 1.29 is 4.84 Å². The monoisotopic (exact) mass is 453 g/mol. The standard InChI is InChI=1S/C20H20BrN7O/c21-15-11-23-20(25-19(15)24-18-9-16(26-27-18)13-6-7-13)22-10-14-8-17(28-29-14)12-4-2-1-3-5-12/h1-5,9,11,13-14H,6-8,10H2,(H3,22,23,24,25,26,27). The fourth-order valence-corrected chi connectivity index (χ4v) is 3.50. The van der Waals surface area contributed by atoms with Gasteiger partial charge in [0.2, 0.25) is 5.95 Å². The Morgan fingerprint density at radius 3 is 2.90 bits per heavy atom. The number of H-pyrrole nitrogens is 1. The number of anilines is 3. The van der Waals surface area contributed by atoms with Crippen LogP contribution in [0.2, 0.25) is 0 Å². The van der Waals surface area contributed by atoms with Crippen LogP contribution in [-0.4, -0.2) is 38.5 Å². The van der Waals surface area contributed by atoms with Crippen LogP contribution in [0.3, 0.4) is 0 Å². The van der Waals surface area contributed by atoms with Crippen LogP contribution in [0.1, 0.15) is 36.4 Å². The van der Waals surface area contributed by atoms with Crippen LogP contribution in [0.25, 0.3) is 0 Å². The summed E-state index contributed by atoms with van der Waals surface area (Å²) in [5, 5.41) is 18.1. The van der Waals surface area contributed by atoms with Gasteiger partial charge in [-0.25, -0.2) is 4.98 Å². The molecular formula is C20H20BrN7O. The Hall–Kier alpha value is -2.94. The SMILES string of the molecule is Brc1cnc(NCC2CC(c3ccccc3)=NO2)nc1Nc1cc(C2CC2)[nH]n1. The van der Waals surface area contributed by atoms with E-state index in [2.05, 4.69) is 51.9 Å². The molecule has 1 fully saturated rings.